The van der Waals surface area contributed by atoms with Crippen LogP contribution in [-0.2, 0) is 9.53 Å². The number of carbonyl (C=O) groups excluding carboxylic acids is 1. The van der Waals surface area contributed by atoms with Gasteiger partial charge in [-0.25, -0.2) is 9.78 Å². The lowest BCUT2D eigenvalue weighted by Crippen LogP contribution is -2.09. The lowest BCUT2D eigenvalue weighted by atomic mass is 10.2. The molecule has 0 saturated carbocycles. The highest BCUT2D eigenvalue weighted by atomic mass is 16.5. The second-order valence-corrected chi connectivity index (χ2v) is 6.12. The third kappa shape index (κ3) is 5.23. The quantitative estimate of drug-likeness (QED) is 0.335. The van der Waals surface area contributed by atoms with Gasteiger partial charge < -0.3 is 9.47 Å². The summed E-state index contributed by atoms with van der Waals surface area (Å²) in [6, 6.07) is 15.0. The average molecular weight is 375 g/mol. The molecule has 0 fully saturated rings. The van der Waals surface area contributed by atoms with Gasteiger partial charge in [0.15, 0.2) is 0 Å². The van der Waals surface area contributed by atoms with E-state index in [9.17, 15) is 4.79 Å². The molecule has 0 bridgehead atoms. The number of ether oxygens (including phenoxy) is 2. The van der Waals surface area contributed by atoms with Crippen LogP contribution in [0.25, 0.3) is 22.8 Å². The van der Waals surface area contributed by atoms with Crippen molar-refractivity contribution in [2.75, 3.05) is 13.2 Å². The SMILES string of the molecule is C=C(C)C(=O)OCCCOc1cc(-c2ccccn2)nc(-c2ccccn2)c1. The van der Waals surface area contributed by atoms with Gasteiger partial charge in [0.05, 0.1) is 36.0 Å². The molecule has 3 rings (SSSR count). The number of pyridine rings is 3. The Morgan fingerprint density at radius 3 is 2.04 bits per heavy atom. The van der Waals surface area contributed by atoms with Gasteiger partial charge in [-0.3, -0.25) is 9.97 Å². The molecule has 3 aromatic rings. The van der Waals surface area contributed by atoms with E-state index in [1.165, 1.54) is 0 Å². The Morgan fingerprint density at radius 1 is 0.929 bits per heavy atom. The Labute approximate surface area is 163 Å². The van der Waals surface area contributed by atoms with Crippen molar-refractivity contribution in [3.8, 4) is 28.5 Å². The molecule has 0 aromatic carbocycles. The van der Waals surface area contributed by atoms with Gasteiger partial charge in [0.1, 0.15) is 5.75 Å². The molecular formula is C22H21N3O3. The fraction of sp³-hybridized carbons (Fsp3) is 0.182. The topological polar surface area (TPSA) is 74.2 Å². The summed E-state index contributed by atoms with van der Waals surface area (Å²) in [7, 11) is 0. The zero-order valence-corrected chi connectivity index (χ0v) is 15.7. The van der Waals surface area contributed by atoms with E-state index in [4.69, 9.17) is 9.47 Å². The largest absolute Gasteiger partial charge is 0.493 e. The molecule has 6 nitrogen and oxygen atoms in total. The molecule has 0 N–H and O–H groups in total. The van der Waals surface area contributed by atoms with Gasteiger partial charge in [0.25, 0.3) is 0 Å². The minimum Gasteiger partial charge on any atom is -0.493 e. The molecule has 0 amide bonds. The van der Waals surface area contributed by atoms with Gasteiger partial charge in [0.2, 0.25) is 0 Å². The Morgan fingerprint density at radius 2 is 1.54 bits per heavy atom. The van der Waals surface area contributed by atoms with Crippen molar-refractivity contribution >= 4 is 5.97 Å². The van der Waals surface area contributed by atoms with Crippen LogP contribution in [0.3, 0.4) is 0 Å². The number of hydrogen-bond donors (Lipinski definition) is 0. The molecule has 0 radical (unpaired) electrons. The summed E-state index contributed by atoms with van der Waals surface area (Å²) in [5.41, 5.74) is 3.29. The van der Waals surface area contributed by atoms with E-state index in [-0.39, 0.29) is 6.61 Å². The summed E-state index contributed by atoms with van der Waals surface area (Å²) < 4.78 is 10.9. The standard InChI is InChI=1S/C22H21N3O3/c1-16(2)22(26)28-13-7-12-27-17-14-20(18-8-3-5-10-23-18)25-21(15-17)19-9-4-6-11-24-19/h3-6,8-11,14-15H,1,7,12-13H2,2H3. The van der Waals surface area contributed by atoms with Crippen molar-refractivity contribution in [2.45, 2.75) is 13.3 Å². The maximum absolute atomic E-state index is 11.4. The molecule has 6 heteroatoms. The third-order valence-corrected chi connectivity index (χ3v) is 3.79. The number of aromatic nitrogens is 3. The zero-order chi connectivity index (χ0) is 19.8. The van der Waals surface area contributed by atoms with Crippen molar-refractivity contribution in [3.05, 3.63) is 73.1 Å². The van der Waals surface area contributed by atoms with E-state index in [0.717, 1.165) is 11.4 Å². The smallest absolute Gasteiger partial charge is 0.333 e. The van der Waals surface area contributed by atoms with E-state index in [0.29, 0.717) is 35.7 Å². The van der Waals surface area contributed by atoms with E-state index in [1.54, 1.807) is 19.3 Å². The first-order chi connectivity index (χ1) is 13.6. The van der Waals surface area contributed by atoms with Crippen molar-refractivity contribution in [1.82, 2.24) is 15.0 Å². The highest BCUT2D eigenvalue weighted by Crippen LogP contribution is 2.26. The number of hydrogen-bond acceptors (Lipinski definition) is 6. The second kappa shape index (κ2) is 9.41. The molecule has 0 aliphatic carbocycles. The minimum absolute atomic E-state index is 0.275. The van der Waals surface area contributed by atoms with Gasteiger partial charge in [-0.1, -0.05) is 18.7 Å². The first-order valence-electron chi connectivity index (χ1n) is 8.94. The fourth-order valence-corrected chi connectivity index (χ4v) is 2.42. The number of rotatable bonds is 8. The second-order valence-electron chi connectivity index (χ2n) is 6.12. The van der Waals surface area contributed by atoms with Crippen LogP contribution in [0.1, 0.15) is 13.3 Å². The molecule has 0 unspecified atom stereocenters. The van der Waals surface area contributed by atoms with Crippen LogP contribution >= 0.6 is 0 Å². The number of esters is 1. The predicted molar refractivity (Wildman–Crippen MR) is 107 cm³/mol. The molecule has 3 aromatic heterocycles. The highest BCUT2D eigenvalue weighted by Gasteiger charge is 2.10. The van der Waals surface area contributed by atoms with E-state index in [2.05, 4.69) is 21.5 Å². The monoisotopic (exact) mass is 375 g/mol. The lowest BCUT2D eigenvalue weighted by molar-refractivity contribution is -0.139. The van der Waals surface area contributed by atoms with Gasteiger partial charge in [-0.15, -0.1) is 0 Å². The predicted octanol–water partition coefficient (Wildman–Crippen LogP) is 4.09. The van der Waals surface area contributed by atoms with Gasteiger partial charge in [0, 0.05) is 36.5 Å². The van der Waals surface area contributed by atoms with Crippen molar-refractivity contribution < 1.29 is 14.3 Å². The Hall–Kier alpha value is -3.54. The molecular weight excluding hydrogens is 354 g/mol. The van der Waals surface area contributed by atoms with E-state index in [1.807, 2.05) is 48.5 Å². The van der Waals surface area contributed by atoms with Crippen LogP contribution in [0.4, 0.5) is 0 Å². The Bertz CT molecular complexity index is 886. The molecule has 142 valence electrons. The fourth-order valence-electron chi connectivity index (χ4n) is 2.42. The van der Waals surface area contributed by atoms with Crippen LogP contribution in [0, 0.1) is 0 Å². The summed E-state index contributed by atoms with van der Waals surface area (Å²) in [4.78, 5) is 24.8. The molecule has 28 heavy (non-hydrogen) atoms. The average Bonchev–Trinajstić information content (AvgIpc) is 2.74. The summed E-state index contributed by atoms with van der Waals surface area (Å²) >= 11 is 0. The first kappa shape index (κ1) is 19.2. The van der Waals surface area contributed by atoms with Crippen LogP contribution in [-0.4, -0.2) is 34.1 Å². The van der Waals surface area contributed by atoms with Crippen LogP contribution in [0.2, 0.25) is 0 Å². The Kier molecular flexibility index (Phi) is 6.46. The normalized spacial score (nSPS) is 10.3. The van der Waals surface area contributed by atoms with Crippen molar-refractivity contribution in [3.63, 3.8) is 0 Å². The molecule has 3 heterocycles. The summed E-state index contributed by atoms with van der Waals surface area (Å²) in [6.07, 6.45) is 4.01. The van der Waals surface area contributed by atoms with E-state index >= 15 is 0 Å². The van der Waals surface area contributed by atoms with Gasteiger partial charge in [-0.05, 0) is 31.2 Å². The Balaban J connectivity index is 1.75. The molecule has 0 aliphatic heterocycles. The minimum atomic E-state index is -0.390. The number of carbonyl (C=O) groups is 1. The molecule has 0 aliphatic rings. The van der Waals surface area contributed by atoms with Crippen LogP contribution in [0.5, 0.6) is 5.75 Å². The van der Waals surface area contributed by atoms with Crippen molar-refractivity contribution in [1.29, 1.82) is 0 Å². The van der Waals surface area contributed by atoms with E-state index < -0.39 is 5.97 Å². The number of nitrogens with zero attached hydrogens (tertiary/aromatic N) is 3. The highest BCUT2D eigenvalue weighted by molar-refractivity contribution is 5.86. The summed E-state index contributed by atoms with van der Waals surface area (Å²) in [5, 5.41) is 0. The zero-order valence-electron chi connectivity index (χ0n) is 15.7. The third-order valence-electron chi connectivity index (χ3n) is 3.79. The summed E-state index contributed by atoms with van der Waals surface area (Å²) in [6.45, 7) is 5.85. The lowest BCUT2D eigenvalue weighted by Gasteiger charge is -2.11. The van der Waals surface area contributed by atoms with Crippen LogP contribution in [0.15, 0.2) is 73.1 Å². The maximum Gasteiger partial charge on any atom is 0.333 e. The van der Waals surface area contributed by atoms with Gasteiger partial charge >= 0.3 is 5.97 Å². The molecule has 0 atom stereocenters. The molecule has 0 spiro atoms. The summed E-state index contributed by atoms with van der Waals surface area (Å²) in [5.74, 6) is 0.265. The molecule has 0 saturated heterocycles. The first-order valence-corrected chi connectivity index (χ1v) is 8.94. The van der Waals surface area contributed by atoms with Crippen LogP contribution < -0.4 is 4.74 Å². The van der Waals surface area contributed by atoms with Crippen molar-refractivity contribution in [2.24, 2.45) is 0 Å². The van der Waals surface area contributed by atoms with Gasteiger partial charge in [-0.2, -0.15) is 0 Å². The maximum atomic E-state index is 11.4.